The van der Waals surface area contributed by atoms with Crippen LogP contribution in [0.15, 0.2) is 0 Å². The van der Waals surface area contributed by atoms with E-state index in [1.165, 1.54) is 0 Å². The molecule has 0 saturated heterocycles. The maximum atomic E-state index is 2.88. The van der Waals surface area contributed by atoms with Crippen LogP contribution >= 0.6 is 13.3 Å². The minimum atomic E-state index is -1.12. The summed E-state index contributed by atoms with van der Waals surface area (Å²) < 4.78 is 2.13. The SMILES string of the molecule is C[Si]1(C)C=P(C)(C)[Si](C)(C)C1=P(C)(C)C. The molecule has 0 saturated carbocycles. The van der Waals surface area contributed by atoms with Crippen LogP contribution in [0, 0.1) is 0 Å². The van der Waals surface area contributed by atoms with Gasteiger partial charge in [-0.25, -0.2) is 0 Å². The number of rotatable bonds is 0. The molecule has 0 fully saturated rings. The molecule has 0 unspecified atom stereocenters. The molecule has 0 amide bonds. The van der Waals surface area contributed by atoms with Gasteiger partial charge in [-0.3, -0.25) is 0 Å². The standard InChI is InChI=1S/C11H28P2Si2/c1-12(2,3)11-14(6,7)10-13(4,5)15(11,8)9/h10H,1-9H3. The molecule has 0 radical (unpaired) electrons. The molecule has 4 heteroatoms. The third-order valence-corrected chi connectivity index (χ3v) is 38.6. The lowest BCUT2D eigenvalue weighted by Crippen LogP contribution is -2.48. The summed E-state index contributed by atoms with van der Waals surface area (Å²) in [6.45, 7) is 22.6. The zero-order valence-corrected chi connectivity index (χ0v) is 15.8. The van der Waals surface area contributed by atoms with E-state index in [4.69, 9.17) is 0 Å². The zero-order chi connectivity index (χ0) is 12.3. The zero-order valence-electron chi connectivity index (χ0n) is 12.0. The van der Waals surface area contributed by atoms with Gasteiger partial charge in [-0.05, 0) is 33.3 Å². The normalized spacial score (nSPS) is 27.7. The second-order valence-electron chi connectivity index (χ2n) is 7.31. The molecule has 1 aliphatic heterocycles. The van der Waals surface area contributed by atoms with Crippen molar-refractivity contribution in [2.45, 2.75) is 26.2 Å². The van der Waals surface area contributed by atoms with Gasteiger partial charge in [0.05, 0.1) is 15.8 Å². The summed E-state index contributed by atoms with van der Waals surface area (Å²) in [6, 6.07) is 0. The molecule has 90 valence electrons. The van der Waals surface area contributed by atoms with Crippen molar-refractivity contribution in [1.29, 1.82) is 0 Å². The first-order chi connectivity index (χ1) is 6.32. The van der Waals surface area contributed by atoms with Crippen molar-refractivity contribution in [3.8, 4) is 0 Å². The fraction of sp³-hybridized carbons (Fsp3) is 0.818. The van der Waals surface area contributed by atoms with Gasteiger partial charge in [-0.1, -0.05) is 36.1 Å². The van der Waals surface area contributed by atoms with Crippen molar-refractivity contribution < 1.29 is 0 Å². The Morgan fingerprint density at radius 2 is 1.40 bits per heavy atom. The van der Waals surface area contributed by atoms with Crippen LogP contribution in [0.1, 0.15) is 0 Å². The molecule has 0 bridgehead atoms. The van der Waals surface area contributed by atoms with E-state index in [1.54, 1.807) is 0 Å². The number of hydrogen-bond donors (Lipinski definition) is 0. The Morgan fingerprint density at radius 1 is 1.00 bits per heavy atom. The monoisotopic (exact) mass is 278 g/mol. The molecular weight excluding hydrogens is 250 g/mol. The Hall–Kier alpha value is 1.03. The van der Waals surface area contributed by atoms with Gasteiger partial charge in [-0.2, -0.15) is 0 Å². The summed E-state index contributed by atoms with van der Waals surface area (Å²) in [5, 5.41) is 0. The molecule has 0 nitrogen and oxygen atoms in total. The molecule has 0 aliphatic carbocycles. The molecular formula is C11H28P2Si2. The van der Waals surface area contributed by atoms with E-state index >= 15 is 0 Å². The summed E-state index contributed by atoms with van der Waals surface area (Å²) in [7, 11) is -2.21. The van der Waals surface area contributed by atoms with E-state index in [1.807, 2.05) is 0 Å². The molecule has 1 aliphatic rings. The molecule has 0 N–H and O–H groups in total. The van der Waals surface area contributed by atoms with Gasteiger partial charge in [0.2, 0.25) is 0 Å². The van der Waals surface area contributed by atoms with Crippen molar-refractivity contribution in [3.63, 3.8) is 0 Å². The van der Waals surface area contributed by atoms with Crippen molar-refractivity contribution in [1.82, 2.24) is 0 Å². The summed E-state index contributed by atoms with van der Waals surface area (Å²) in [6.07, 6.45) is -0.704. The third kappa shape index (κ3) is 2.20. The van der Waals surface area contributed by atoms with Crippen LogP contribution in [-0.4, -0.2) is 59.1 Å². The second kappa shape index (κ2) is 3.51. The van der Waals surface area contributed by atoms with Gasteiger partial charge in [-0.15, -0.1) is 13.3 Å². The van der Waals surface area contributed by atoms with Gasteiger partial charge in [0.1, 0.15) is 0 Å². The van der Waals surface area contributed by atoms with Gasteiger partial charge in [0.25, 0.3) is 0 Å². The molecule has 0 spiro atoms. The smallest absolute Gasteiger partial charge is 0.0974 e. The Balaban J connectivity index is 3.64. The van der Waals surface area contributed by atoms with Crippen LogP contribution in [0.2, 0.25) is 26.2 Å². The maximum Gasteiger partial charge on any atom is 0.0974 e. The highest BCUT2D eigenvalue weighted by Gasteiger charge is 2.49. The molecule has 1 rings (SSSR count). The van der Waals surface area contributed by atoms with Crippen LogP contribution in [-0.2, 0) is 0 Å². The first kappa shape index (κ1) is 14.1. The minimum Gasteiger partial charge on any atom is -0.123 e. The summed E-state index contributed by atoms with van der Waals surface area (Å²) in [5.74, 6) is 0. The lowest BCUT2D eigenvalue weighted by molar-refractivity contribution is 1.96. The van der Waals surface area contributed by atoms with Gasteiger partial charge in [0.15, 0.2) is 0 Å². The van der Waals surface area contributed by atoms with E-state index in [2.05, 4.69) is 69.5 Å². The van der Waals surface area contributed by atoms with E-state index < -0.39 is 29.1 Å². The van der Waals surface area contributed by atoms with Crippen LogP contribution in [0.5, 0.6) is 0 Å². The Kier molecular flexibility index (Phi) is 3.30. The van der Waals surface area contributed by atoms with E-state index in [0.717, 1.165) is 0 Å². The molecule has 0 aromatic heterocycles. The van der Waals surface area contributed by atoms with Gasteiger partial charge in [0, 0.05) is 0 Å². The predicted molar refractivity (Wildman–Crippen MR) is 89.5 cm³/mol. The van der Waals surface area contributed by atoms with Crippen molar-refractivity contribution in [2.24, 2.45) is 0 Å². The quantitative estimate of drug-likeness (QED) is 0.468. The minimum absolute atomic E-state index is 0.704. The largest absolute Gasteiger partial charge is 0.123 e. The predicted octanol–water partition coefficient (Wildman–Crippen LogP) is 3.69. The highest BCUT2D eigenvalue weighted by atomic mass is 31.4. The van der Waals surface area contributed by atoms with Gasteiger partial charge >= 0.3 is 0 Å². The fourth-order valence-electron chi connectivity index (χ4n) is 3.78. The van der Waals surface area contributed by atoms with Gasteiger partial charge < -0.3 is 0 Å². The average Bonchev–Trinajstić information content (AvgIpc) is 1.87. The summed E-state index contributed by atoms with van der Waals surface area (Å²) in [4.78, 5) is 0. The first-order valence-corrected chi connectivity index (χ1v) is 18.5. The Morgan fingerprint density at radius 3 is 1.53 bits per heavy atom. The lowest BCUT2D eigenvalue weighted by atomic mass is 11.7. The molecule has 0 aromatic carbocycles. The highest BCUT2D eigenvalue weighted by molar-refractivity contribution is 8.21. The van der Waals surface area contributed by atoms with E-state index in [9.17, 15) is 0 Å². The molecule has 15 heavy (non-hydrogen) atoms. The Bertz CT molecular complexity index is 383. The Labute approximate surface area is 98.7 Å². The van der Waals surface area contributed by atoms with E-state index in [0.29, 0.717) is 0 Å². The van der Waals surface area contributed by atoms with Crippen LogP contribution in [0.25, 0.3) is 0 Å². The highest BCUT2D eigenvalue weighted by Crippen LogP contribution is 2.60. The first-order valence-electron chi connectivity index (χ1n) is 5.73. The van der Waals surface area contributed by atoms with Crippen LogP contribution in [0.3, 0.4) is 0 Å². The molecule has 0 atom stereocenters. The maximum absolute atomic E-state index is 2.88. The van der Waals surface area contributed by atoms with E-state index in [-0.39, 0.29) is 0 Å². The molecule has 0 aromatic rings. The summed E-state index contributed by atoms with van der Waals surface area (Å²) in [5.41, 5.74) is 2.88. The fourth-order valence-corrected chi connectivity index (χ4v) is 51.1. The van der Waals surface area contributed by atoms with Crippen LogP contribution in [0.4, 0.5) is 0 Å². The average molecular weight is 278 g/mol. The topological polar surface area (TPSA) is 0 Å². The lowest BCUT2D eigenvalue weighted by Gasteiger charge is -2.37. The molecule has 1 heterocycles. The van der Waals surface area contributed by atoms with Crippen molar-refractivity contribution >= 4 is 39.1 Å². The van der Waals surface area contributed by atoms with Crippen molar-refractivity contribution in [2.75, 3.05) is 33.3 Å². The second-order valence-corrected chi connectivity index (χ2v) is 31.6. The van der Waals surface area contributed by atoms with Crippen LogP contribution < -0.4 is 0 Å². The van der Waals surface area contributed by atoms with Crippen molar-refractivity contribution in [3.05, 3.63) is 0 Å². The summed E-state index contributed by atoms with van der Waals surface area (Å²) >= 11 is 0. The third-order valence-electron chi connectivity index (χ3n) is 3.95. The number of hydrogen-bond acceptors (Lipinski definition) is 0.